The Morgan fingerprint density at radius 2 is 0.831 bits per heavy atom. The number of benzene rings is 12. The maximum atomic E-state index is 6.34. The average Bonchev–Trinajstić information content (AvgIpc) is 3.99. The zero-order valence-corrected chi connectivity index (χ0v) is 38.7. The van der Waals surface area contributed by atoms with Gasteiger partial charge in [0.25, 0.3) is 0 Å². The van der Waals surface area contributed by atoms with Crippen LogP contribution in [0.25, 0.3) is 115 Å². The summed E-state index contributed by atoms with van der Waals surface area (Å²) in [6.45, 7) is 0. The van der Waals surface area contributed by atoms with Gasteiger partial charge in [0.05, 0.1) is 22.4 Å². The van der Waals surface area contributed by atoms with Gasteiger partial charge in [0.1, 0.15) is 11.2 Å². The molecule has 14 rings (SSSR count). The second-order valence-electron chi connectivity index (χ2n) is 18.4. The van der Waals surface area contributed by atoms with Gasteiger partial charge in [-0.05, 0) is 122 Å². The van der Waals surface area contributed by atoms with Gasteiger partial charge in [0.2, 0.25) is 0 Å². The van der Waals surface area contributed by atoms with Crippen molar-refractivity contribution in [2.75, 3.05) is 4.90 Å². The van der Waals surface area contributed by atoms with Crippen molar-refractivity contribution >= 4 is 82.4 Å². The molecule has 0 amide bonds. The van der Waals surface area contributed by atoms with E-state index in [4.69, 9.17) is 4.42 Å². The summed E-state index contributed by atoms with van der Waals surface area (Å²) >= 11 is 0. The fraction of sp³-hybridized carbons (Fsp3) is 0. The molecule has 0 aliphatic heterocycles. The van der Waals surface area contributed by atoms with Crippen molar-refractivity contribution in [2.45, 2.75) is 0 Å². The van der Waals surface area contributed by atoms with Crippen molar-refractivity contribution in [3.05, 3.63) is 267 Å². The lowest BCUT2D eigenvalue weighted by Gasteiger charge is -2.29. The van der Waals surface area contributed by atoms with E-state index in [0.29, 0.717) is 0 Å². The number of hydrogen-bond donors (Lipinski definition) is 0. The van der Waals surface area contributed by atoms with Crippen LogP contribution in [0.5, 0.6) is 0 Å². The Kier molecular flexibility index (Phi) is 9.53. The molecule has 12 aromatic carbocycles. The molecule has 0 aliphatic carbocycles. The SMILES string of the molecule is c1ccc(-c2ccc(-c3cccc4c3ccc3ccccc34)cc2N(c2ccc(-c3ccc4c(c3)oc3ccccc34)cc2)c2ccc(-c3ccccc3-n3c4ccccc4c4ccccc43)cc2)cc1. The van der Waals surface area contributed by atoms with Gasteiger partial charge in [0.15, 0.2) is 0 Å². The zero-order chi connectivity index (χ0) is 46.8. The Morgan fingerprint density at radius 1 is 0.282 bits per heavy atom. The molecule has 0 saturated heterocycles. The molecule has 0 N–H and O–H groups in total. The van der Waals surface area contributed by atoms with Crippen LogP contribution >= 0.6 is 0 Å². The molecule has 0 aliphatic rings. The summed E-state index contributed by atoms with van der Waals surface area (Å²) in [5.74, 6) is 0. The van der Waals surface area contributed by atoms with Crippen LogP contribution in [0.2, 0.25) is 0 Å². The highest BCUT2D eigenvalue weighted by atomic mass is 16.3. The molecule has 3 nitrogen and oxygen atoms in total. The van der Waals surface area contributed by atoms with Crippen LogP contribution in [0.15, 0.2) is 271 Å². The van der Waals surface area contributed by atoms with E-state index in [1.54, 1.807) is 0 Å². The summed E-state index contributed by atoms with van der Waals surface area (Å²) in [5.41, 5.74) is 17.7. The van der Waals surface area contributed by atoms with E-state index in [1.165, 1.54) is 54.5 Å². The summed E-state index contributed by atoms with van der Waals surface area (Å²) in [7, 11) is 0. The predicted molar refractivity (Wildman–Crippen MR) is 299 cm³/mol. The normalized spacial score (nSPS) is 11.7. The van der Waals surface area contributed by atoms with Crippen molar-refractivity contribution in [1.29, 1.82) is 0 Å². The van der Waals surface area contributed by atoms with Gasteiger partial charge in [-0.15, -0.1) is 0 Å². The van der Waals surface area contributed by atoms with E-state index in [2.05, 4.69) is 264 Å². The van der Waals surface area contributed by atoms with Crippen LogP contribution in [-0.2, 0) is 0 Å². The maximum absolute atomic E-state index is 6.34. The third-order valence-corrected chi connectivity index (χ3v) is 14.4. The molecule has 0 atom stereocenters. The van der Waals surface area contributed by atoms with Gasteiger partial charge in [0, 0.05) is 44.0 Å². The Hall–Kier alpha value is -9.44. The number of furan rings is 1. The van der Waals surface area contributed by atoms with Gasteiger partial charge in [-0.1, -0.05) is 200 Å². The highest BCUT2D eigenvalue weighted by Gasteiger charge is 2.21. The molecule has 0 spiro atoms. The van der Waals surface area contributed by atoms with Crippen LogP contribution < -0.4 is 4.90 Å². The van der Waals surface area contributed by atoms with Gasteiger partial charge >= 0.3 is 0 Å². The molecule has 0 radical (unpaired) electrons. The number of anilines is 3. The first-order valence-electron chi connectivity index (χ1n) is 24.3. The summed E-state index contributed by atoms with van der Waals surface area (Å²) in [6, 6.07) is 96.9. The van der Waals surface area contributed by atoms with Gasteiger partial charge < -0.3 is 13.9 Å². The molecular weight excluding hydrogens is 861 g/mol. The fourth-order valence-electron chi connectivity index (χ4n) is 11.1. The van der Waals surface area contributed by atoms with Gasteiger partial charge in [-0.25, -0.2) is 0 Å². The molecule has 14 aromatic rings. The van der Waals surface area contributed by atoms with E-state index in [0.717, 1.165) is 78.1 Å². The lowest BCUT2D eigenvalue weighted by Crippen LogP contribution is -2.11. The fourth-order valence-corrected chi connectivity index (χ4v) is 11.1. The van der Waals surface area contributed by atoms with E-state index in [1.807, 2.05) is 12.1 Å². The minimum Gasteiger partial charge on any atom is -0.456 e. The Morgan fingerprint density at radius 3 is 1.61 bits per heavy atom. The highest BCUT2D eigenvalue weighted by molar-refractivity contribution is 6.13. The monoisotopic (exact) mass is 904 g/mol. The molecule has 2 heterocycles. The topological polar surface area (TPSA) is 21.3 Å². The minimum absolute atomic E-state index is 0.889. The van der Waals surface area contributed by atoms with Crippen molar-refractivity contribution < 1.29 is 4.42 Å². The summed E-state index contributed by atoms with van der Waals surface area (Å²) < 4.78 is 8.76. The smallest absolute Gasteiger partial charge is 0.136 e. The minimum atomic E-state index is 0.889. The molecule has 0 saturated carbocycles. The van der Waals surface area contributed by atoms with Crippen LogP contribution in [0.1, 0.15) is 0 Å². The molecule has 71 heavy (non-hydrogen) atoms. The van der Waals surface area contributed by atoms with Crippen molar-refractivity contribution in [1.82, 2.24) is 4.57 Å². The van der Waals surface area contributed by atoms with Crippen LogP contribution in [0, 0.1) is 0 Å². The molecular formula is C68H44N2O. The number of fused-ring (bicyclic) bond motifs is 9. The van der Waals surface area contributed by atoms with Crippen LogP contribution in [0.3, 0.4) is 0 Å². The summed E-state index contributed by atoms with van der Waals surface area (Å²) in [5, 5.41) is 9.74. The average molecular weight is 905 g/mol. The van der Waals surface area contributed by atoms with E-state index in [-0.39, 0.29) is 0 Å². The van der Waals surface area contributed by atoms with Crippen LogP contribution in [0.4, 0.5) is 17.1 Å². The molecule has 0 fully saturated rings. The Balaban J connectivity index is 0.943. The molecule has 0 unspecified atom stereocenters. The van der Waals surface area contributed by atoms with E-state index < -0.39 is 0 Å². The first kappa shape index (κ1) is 40.6. The number of para-hydroxylation sites is 4. The quantitative estimate of drug-likeness (QED) is 0.142. The van der Waals surface area contributed by atoms with Crippen molar-refractivity contribution in [3.8, 4) is 50.2 Å². The first-order valence-corrected chi connectivity index (χ1v) is 24.3. The lowest BCUT2D eigenvalue weighted by molar-refractivity contribution is 0.669. The summed E-state index contributed by atoms with van der Waals surface area (Å²) in [4.78, 5) is 2.43. The van der Waals surface area contributed by atoms with Crippen molar-refractivity contribution in [3.63, 3.8) is 0 Å². The van der Waals surface area contributed by atoms with E-state index in [9.17, 15) is 0 Å². The van der Waals surface area contributed by atoms with Gasteiger partial charge in [-0.3, -0.25) is 0 Å². The zero-order valence-electron chi connectivity index (χ0n) is 38.7. The van der Waals surface area contributed by atoms with Gasteiger partial charge in [-0.2, -0.15) is 0 Å². The maximum Gasteiger partial charge on any atom is 0.136 e. The third-order valence-electron chi connectivity index (χ3n) is 14.4. The summed E-state index contributed by atoms with van der Waals surface area (Å²) in [6.07, 6.45) is 0. The number of hydrogen-bond acceptors (Lipinski definition) is 2. The molecule has 332 valence electrons. The number of rotatable bonds is 8. The number of nitrogens with zero attached hydrogens (tertiary/aromatic N) is 2. The largest absolute Gasteiger partial charge is 0.456 e. The number of aromatic nitrogens is 1. The standard InChI is InChI=1S/C68H44N2O/c1-2-15-46(16-3-1)56-40-35-50(54-23-14-24-57-53-18-5-4-17-47(53)33-41-58(54)57)43-66(56)69(51-36-29-45(30-37-51)49-34-42-62-61-22-9-13-28-67(61)71-68(62)44-49)52-38-31-48(32-39-52)55-19-6-10-25-63(55)70-64-26-11-7-20-59(64)60-21-8-12-27-65(60)70/h1-44H. The van der Waals surface area contributed by atoms with Crippen molar-refractivity contribution in [2.24, 2.45) is 0 Å². The highest BCUT2D eigenvalue weighted by Crippen LogP contribution is 2.46. The third kappa shape index (κ3) is 6.82. The first-order chi connectivity index (χ1) is 35.2. The Bertz CT molecular complexity index is 4280. The molecule has 3 heteroatoms. The predicted octanol–water partition coefficient (Wildman–Crippen LogP) is 19.1. The molecule has 2 aromatic heterocycles. The van der Waals surface area contributed by atoms with Crippen LogP contribution in [-0.4, -0.2) is 4.57 Å². The van der Waals surface area contributed by atoms with E-state index >= 15 is 0 Å². The Labute approximate surface area is 411 Å². The molecule has 0 bridgehead atoms. The lowest BCUT2D eigenvalue weighted by atomic mass is 9.92. The second kappa shape index (κ2) is 16.7. The second-order valence-corrected chi connectivity index (χ2v) is 18.4.